The van der Waals surface area contributed by atoms with Crippen LogP contribution in [0.15, 0.2) is 24.3 Å². The molecule has 4 heteroatoms. The topological polar surface area (TPSA) is 26.3 Å². The fourth-order valence-electron chi connectivity index (χ4n) is 3.71. The van der Waals surface area contributed by atoms with E-state index in [9.17, 15) is 4.79 Å². The van der Waals surface area contributed by atoms with Gasteiger partial charge in [-0.1, -0.05) is 43.5 Å². The van der Waals surface area contributed by atoms with E-state index in [1.54, 1.807) is 0 Å². The molecule has 120 valence electrons. The Morgan fingerprint density at radius 2 is 1.91 bits per heavy atom. The molecule has 0 spiro atoms. The minimum Gasteiger partial charge on any atom is -0.543 e. The zero-order chi connectivity index (χ0) is 15.9. The second kappa shape index (κ2) is 8.62. The van der Waals surface area contributed by atoms with Crippen molar-refractivity contribution in [3.63, 3.8) is 0 Å². The van der Waals surface area contributed by atoms with Gasteiger partial charge in [0.1, 0.15) is 0 Å². The van der Waals surface area contributed by atoms with Gasteiger partial charge in [0, 0.05) is 5.02 Å². The number of carbonyl (C=O) groups excluding carboxylic acids is 1. The monoisotopic (exact) mass is 320 g/mol. The standard InChI is InChI=1S/C18H26BClO2/c1-2-3-4-17(18(21)22-19)15-7-5-13(6-8-15)14-9-11-16(20)12-10-14/h9-13,15,17H,2-8,19H2,1H3. The summed E-state index contributed by atoms with van der Waals surface area (Å²) < 4.78 is 5.03. The molecule has 0 aliphatic heterocycles. The highest BCUT2D eigenvalue weighted by Crippen LogP contribution is 2.40. The average molecular weight is 321 g/mol. The van der Waals surface area contributed by atoms with Gasteiger partial charge in [-0.3, -0.25) is 4.79 Å². The van der Waals surface area contributed by atoms with Crippen molar-refractivity contribution in [3.05, 3.63) is 34.9 Å². The van der Waals surface area contributed by atoms with Gasteiger partial charge in [0.05, 0.1) is 5.92 Å². The van der Waals surface area contributed by atoms with Crippen LogP contribution in [0.3, 0.4) is 0 Å². The maximum absolute atomic E-state index is 12.1. The Morgan fingerprint density at radius 1 is 1.27 bits per heavy atom. The SMILES string of the molecule is BOC(=O)C(CCCC)C1CCC(c2ccc(Cl)cc2)CC1. The van der Waals surface area contributed by atoms with Crippen molar-refractivity contribution in [2.24, 2.45) is 11.8 Å². The maximum atomic E-state index is 12.1. The zero-order valence-electron chi connectivity index (χ0n) is 13.7. The predicted octanol–water partition coefficient (Wildman–Crippen LogP) is 4.51. The number of benzene rings is 1. The molecule has 1 fully saturated rings. The lowest BCUT2D eigenvalue weighted by Gasteiger charge is -2.33. The maximum Gasteiger partial charge on any atom is 0.325 e. The molecule has 0 radical (unpaired) electrons. The van der Waals surface area contributed by atoms with Crippen LogP contribution in [0.2, 0.25) is 5.02 Å². The fraction of sp³-hybridized carbons (Fsp3) is 0.611. The summed E-state index contributed by atoms with van der Waals surface area (Å²) in [5.41, 5.74) is 1.38. The number of hydrogen-bond acceptors (Lipinski definition) is 2. The Bertz CT molecular complexity index is 466. The molecule has 0 aromatic heterocycles. The first-order chi connectivity index (χ1) is 10.7. The molecule has 1 saturated carbocycles. The van der Waals surface area contributed by atoms with Gasteiger partial charge in [0.25, 0.3) is 5.97 Å². The third-order valence-corrected chi connectivity index (χ3v) is 5.31. The molecule has 2 nitrogen and oxygen atoms in total. The van der Waals surface area contributed by atoms with Gasteiger partial charge in [0.2, 0.25) is 0 Å². The van der Waals surface area contributed by atoms with Gasteiger partial charge in [-0.05, 0) is 61.6 Å². The number of unbranched alkanes of at least 4 members (excludes halogenated alkanes) is 1. The summed E-state index contributed by atoms with van der Waals surface area (Å²) in [6, 6.07) is 8.23. The fourth-order valence-corrected chi connectivity index (χ4v) is 3.84. The van der Waals surface area contributed by atoms with E-state index in [-0.39, 0.29) is 11.9 Å². The van der Waals surface area contributed by atoms with Crippen LogP contribution in [0, 0.1) is 11.8 Å². The van der Waals surface area contributed by atoms with Crippen LogP contribution in [0.1, 0.15) is 63.4 Å². The van der Waals surface area contributed by atoms with Crippen molar-refractivity contribution >= 4 is 25.6 Å². The van der Waals surface area contributed by atoms with Gasteiger partial charge in [-0.25, -0.2) is 0 Å². The summed E-state index contributed by atoms with van der Waals surface area (Å²) in [4.78, 5) is 12.1. The first-order valence-electron chi connectivity index (χ1n) is 8.49. The van der Waals surface area contributed by atoms with E-state index in [1.807, 2.05) is 12.1 Å². The Hall–Kier alpha value is -0.955. The molecular weight excluding hydrogens is 294 g/mol. The van der Waals surface area contributed by atoms with Gasteiger partial charge in [-0.15, -0.1) is 0 Å². The number of carbonyl (C=O) groups is 1. The van der Waals surface area contributed by atoms with E-state index >= 15 is 0 Å². The lowest BCUT2D eigenvalue weighted by Crippen LogP contribution is -2.28. The quantitative estimate of drug-likeness (QED) is 0.721. The van der Waals surface area contributed by atoms with Crippen LogP contribution in [0.4, 0.5) is 0 Å². The molecule has 0 heterocycles. The van der Waals surface area contributed by atoms with Crippen LogP contribution in [0.5, 0.6) is 0 Å². The van der Waals surface area contributed by atoms with Gasteiger partial charge in [-0.2, -0.15) is 0 Å². The van der Waals surface area contributed by atoms with Crippen molar-refractivity contribution < 1.29 is 9.45 Å². The molecule has 1 aromatic rings. The third kappa shape index (κ3) is 4.52. The van der Waals surface area contributed by atoms with Gasteiger partial charge in [0.15, 0.2) is 0 Å². The van der Waals surface area contributed by atoms with E-state index in [0.29, 0.717) is 11.8 Å². The summed E-state index contributed by atoms with van der Waals surface area (Å²) >= 11 is 5.96. The zero-order valence-corrected chi connectivity index (χ0v) is 14.4. The van der Waals surface area contributed by atoms with Crippen molar-refractivity contribution in [2.75, 3.05) is 0 Å². The molecule has 1 aromatic carbocycles. The highest BCUT2D eigenvalue weighted by molar-refractivity contribution is 6.30. The smallest absolute Gasteiger partial charge is 0.325 e. The van der Waals surface area contributed by atoms with E-state index in [0.717, 1.165) is 50.0 Å². The number of halogens is 1. The molecule has 0 amide bonds. The first kappa shape index (κ1) is 17.4. The molecule has 1 aliphatic carbocycles. The summed E-state index contributed by atoms with van der Waals surface area (Å²) in [5, 5.41) is 0.794. The van der Waals surface area contributed by atoms with E-state index in [4.69, 9.17) is 16.3 Å². The lowest BCUT2D eigenvalue weighted by molar-refractivity contribution is -0.141. The Kier molecular flexibility index (Phi) is 6.82. The van der Waals surface area contributed by atoms with Crippen molar-refractivity contribution in [2.45, 2.75) is 57.8 Å². The largest absolute Gasteiger partial charge is 0.543 e. The summed E-state index contributed by atoms with van der Waals surface area (Å²) in [6.07, 6.45) is 7.77. The van der Waals surface area contributed by atoms with Crippen LogP contribution in [-0.2, 0) is 9.45 Å². The Labute approximate surface area is 140 Å². The molecule has 0 N–H and O–H groups in total. The highest BCUT2D eigenvalue weighted by Gasteiger charge is 2.32. The second-order valence-electron chi connectivity index (χ2n) is 6.44. The van der Waals surface area contributed by atoms with Crippen LogP contribution in [-0.4, -0.2) is 14.0 Å². The van der Waals surface area contributed by atoms with Gasteiger partial charge >= 0.3 is 8.05 Å². The van der Waals surface area contributed by atoms with Crippen molar-refractivity contribution in [1.29, 1.82) is 0 Å². The van der Waals surface area contributed by atoms with Crippen LogP contribution >= 0.6 is 11.6 Å². The number of hydrogen-bond donors (Lipinski definition) is 0. The average Bonchev–Trinajstić information content (AvgIpc) is 2.56. The van der Waals surface area contributed by atoms with E-state index in [1.165, 1.54) is 13.6 Å². The summed E-state index contributed by atoms with van der Waals surface area (Å²) in [5.74, 6) is 1.18. The molecule has 0 saturated heterocycles. The van der Waals surface area contributed by atoms with Crippen LogP contribution in [0.25, 0.3) is 0 Å². The van der Waals surface area contributed by atoms with Crippen molar-refractivity contribution in [3.8, 4) is 0 Å². The lowest BCUT2D eigenvalue weighted by atomic mass is 9.72. The van der Waals surface area contributed by atoms with Crippen LogP contribution < -0.4 is 0 Å². The molecular formula is C18H26BClO2. The second-order valence-corrected chi connectivity index (χ2v) is 6.87. The molecule has 2 rings (SSSR count). The van der Waals surface area contributed by atoms with E-state index < -0.39 is 0 Å². The molecule has 1 aliphatic rings. The molecule has 22 heavy (non-hydrogen) atoms. The van der Waals surface area contributed by atoms with Crippen molar-refractivity contribution in [1.82, 2.24) is 0 Å². The van der Waals surface area contributed by atoms with E-state index in [2.05, 4.69) is 19.1 Å². The normalized spacial score (nSPS) is 23.0. The predicted molar refractivity (Wildman–Crippen MR) is 93.8 cm³/mol. The molecule has 0 bridgehead atoms. The number of rotatable bonds is 6. The molecule has 1 atom stereocenters. The minimum absolute atomic E-state index is 0.0107. The highest BCUT2D eigenvalue weighted by atomic mass is 35.5. The molecule has 1 unspecified atom stereocenters. The summed E-state index contributed by atoms with van der Waals surface area (Å²) in [6.45, 7) is 2.17. The Morgan fingerprint density at radius 3 is 2.45 bits per heavy atom. The van der Waals surface area contributed by atoms with Gasteiger partial charge < -0.3 is 4.65 Å². The first-order valence-corrected chi connectivity index (χ1v) is 8.86. The third-order valence-electron chi connectivity index (χ3n) is 5.05. The Balaban J connectivity index is 1.94. The summed E-state index contributed by atoms with van der Waals surface area (Å²) in [7, 11) is 1.51. The minimum atomic E-state index is -0.0107.